The van der Waals surface area contributed by atoms with Crippen LogP contribution < -0.4 is 10.6 Å². The summed E-state index contributed by atoms with van der Waals surface area (Å²) in [6, 6.07) is 6.32. The maximum atomic E-state index is 12.9. The number of carbonyl (C=O) groups is 1. The summed E-state index contributed by atoms with van der Waals surface area (Å²) in [7, 11) is 0. The van der Waals surface area contributed by atoms with Crippen molar-refractivity contribution >= 4 is 5.91 Å². The molecule has 1 aromatic rings. The number of benzene rings is 1. The van der Waals surface area contributed by atoms with Crippen molar-refractivity contribution < 1.29 is 9.18 Å². The Morgan fingerprint density at radius 1 is 1.33 bits per heavy atom. The molecule has 3 rings (SSSR count). The Hall–Kier alpha value is -1.42. The average Bonchev–Trinajstić information content (AvgIpc) is 3.09. The summed E-state index contributed by atoms with van der Waals surface area (Å²) in [5.74, 6) is 0.412. The quantitative estimate of drug-likeness (QED) is 0.840. The van der Waals surface area contributed by atoms with Gasteiger partial charge in [0, 0.05) is 25.6 Å². The van der Waals surface area contributed by atoms with Crippen LogP contribution in [-0.2, 0) is 10.2 Å². The van der Waals surface area contributed by atoms with Crippen LogP contribution in [0.2, 0.25) is 0 Å². The van der Waals surface area contributed by atoms with Gasteiger partial charge in [0.15, 0.2) is 0 Å². The van der Waals surface area contributed by atoms with Crippen LogP contribution in [0.15, 0.2) is 24.3 Å². The summed E-state index contributed by atoms with van der Waals surface area (Å²) in [6.07, 6.45) is 1.74. The molecule has 96 valence electrons. The van der Waals surface area contributed by atoms with Gasteiger partial charge < -0.3 is 10.6 Å². The Kier molecular flexibility index (Phi) is 2.82. The van der Waals surface area contributed by atoms with E-state index in [0.29, 0.717) is 5.92 Å². The van der Waals surface area contributed by atoms with Crippen LogP contribution in [0.1, 0.15) is 18.4 Å². The fourth-order valence-electron chi connectivity index (χ4n) is 2.44. The van der Waals surface area contributed by atoms with Gasteiger partial charge in [0.05, 0.1) is 5.41 Å². The molecular weight excluding hydrogens is 231 g/mol. The van der Waals surface area contributed by atoms with Crippen LogP contribution in [0.4, 0.5) is 4.39 Å². The molecule has 0 spiro atoms. The fourth-order valence-corrected chi connectivity index (χ4v) is 2.44. The topological polar surface area (TPSA) is 41.1 Å². The van der Waals surface area contributed by atoms with Gasteiger partial charge in [0.2, 0.25) is 5.91 Å². The molecule has 0 atom stereocenters. The largest absolute Gasteiger partial charge is 0.355 e. The molecule has 1 aromatic carbocycles. The normalized spacial score (nSPS) is 21.2. The maximum absolute atomic E-state index is 12.9. The summed E-state index contributed by atoms with van der Waals surface area (Å²) in [5, 5.41) is 6.21. The fraction of sp³-hybridized carbons (Fsp3) is 0.500. The van der Waals surface area contributed by atoms with Gasteiger partial charge in [-0.2, -0.15) is 0 Å². The third-order valence-electron chi connectivity index (χ3n) is 4.00. The van der Waals surface area contributed by atoms with E-state index in [-0.39, 0.29) is 17.1 Å². The zero-order valence-corrected chi connectivity index (χ0v) is 10.2. The van der Waals surface area contributed by atoms with E-state index >= 15 is 0 Å². The molecule has 3 nitrogen and oxygen atoms in total. The lowest BCUT2D eigenvalue weighted by atomic mass is 9.94. The first-order chi connectivity index (χ1) is 8.71. The molecule has 2 aliphatic rings. The molecule has 18 heavy (non-hydrogen) atoms. The van der Waals surface area contributed by atoms with Gasteiger partial charge in [-0.25, -0.2) is 4.39 Å². The lowest BCUT2D eigenvalue weighted by molar-refractivity contribution is -0.123. The van der Waals surface area contributed by atoms with E-state index in [2.05, 4.69) is 10.6 Å². The summed E-state index contributed by atoms with van der Waals surface area (Å²) in [5.41, 5.74) is 0.554. The van der Waals surface area contributed by atoms with Crippen molar-refractivity contribution in [2.24, 2.45) is 5.92 Å². The van der Waals surface area contributed by atoms with Crippen molar-refractivity contribution in [3.8, 4) is 0 Å². The van der Waals surface area contributed by atoms with Crippen LogP contribution in [-0.4, -0.2) is 25.5 Å². The number of rotatable bonds is 4. The van der Waals surface area contributed by atoms with Crippen LogP contribution in [0.25, 0.3) is 0 Å². The average molecular weight is 248 g/mol. The summed E-state index contributed by atoms with van der Waals surface area (Å²) in [6.45, 7) is 2.72. The molecule has 1 amide bonds. The number of nitrogens with one attached hydrogen (secondary N) is 2. The van der Waals surface area contributed by atoms with Crippen LogP contribution in [0.3, 0.4) is 0 Å². The zero-order valence-electron chi connectivity index (χ0n) is 10.2. The number of carbonyl (C=O) groups excluding carboxylic acids is 1. The molecular formula is C14H17FN2O. The third-order valence-corrected chi connectivity index (χ3v) is 4.00. The van der Waals surface area contributed by atoms with E-state index in [1.54, 1.807) is 12.1 Å². The Bertz CT molecular complexity index is 449. The first kappa shape index (κ1) is 11.7. The smallest absolute Gasteiger partial charge is 0.230 e. The number of hydrogen-bond acceptors (Lipinski definition) is 2. The highest BCUT2D eigenvalue weighted by Gasteiger charge is 2.51. The van der Waals surface area contributed by atoms with Crippen LogP contribution >= 0.6 is 0 Å². The monoisotopic (exact) mass is 248 g/mol. The van der Waals surface area contributed by atoms with Gasteiger partial charge >= 0.3 is 0 Å². The molecule has 1 saturated carbocycles. The van der Waals surface area contributed by atoms with Crippen LogP contribution in [0, 0.1) is 11.7 Å². The molecule has 1 saturated heterocycles. The maximum Gasteiger partial charge on any atom is 0.230 e. The number of hydrogen-bond donors (Lipinski definition) is 2. The minimum atomic E-state index is -0.384. The molecule has 2 N–H and O–H groups in total. The first-order valence-corrected chi connectivity index (χ1v) is 6.46. The molecule has 1 heterocycles. The highest BCUT2D eigenvalue weighted by Crippen LogP contribution is 2.48. The summed E-state index contributed by atoms with van der Waals surface area (Å²) < 4.78 is 12.9. The van der Waals surface area contributed by atoms with Gasteiger partial charge in [-0.15, -0.1) is 0 Å². The molecule has 0 unspecified atom stereocenters. The zero-order chi connectivity index (χ0) is 12.6. The molecule has 0 aromatic heterocycles. The van der Waals surface area contributed by atoms with Gasteiger partial charge in [-0.3, -0.25) is 4.79 Å². The highest BCUT2D eigenvalue weighted by molar-refractivity contribution is 5.91. The van der Waals surface area contributed by atoms with E-state index in [9.17, 15) is 9.18 Å². The van der Waals surface area contributed by atoms with Gasteiger partial charge in [-0.1, -0.05) is 12.1 Å². The Morgan fingerprint density at radius 2 is 2.00 bits per heavy atom. The van der Waals surface area contributed by atoms with E-state index in [1.807, 2.05) is 0 Å². The SMILES string of the molecule is O=C(NCC1CNC1)C1(c2ccc(F)cc2)CC1. The lowest BCUT2D eigenvalue weighted by Gasteiger charge is -2.28. The van der Waals surface area contributed by atoms with E-state index in [4.69, 9.17) is 0 Å². The Balaban J connectivity index is 1.66. The summed E-state index contributed by atoms with van der Waals surface area (Å²) in [4.78, 5) is 12.2. The second-order valence-electron chi connectivity index (χ2n) is 5.32. The number of amides is 1. The van der Waals surface area contributed by atoms with Crippen molar-refractivity contribution in [3.05, 3.63) is 35.6 Å². The lowest BCUT2D eigenvalue weighted by Crippen LogP contribution is -2.49. The first-order valence-electron chi connectivity index (χ1n) is 6.46. The third kappa shape index (κ3) is 2.01. The minimum Gasteiger partial charge on any atom is -0.355 e. The highest BCUT2D eigenvalue weighted by atomic mass is 19.1. The number of halogens is 1. The standard InChI is InChI=1S/C14H17FN2O/c15-12-3-1-11(2-4-12)14(5-6-14)13(18)17-9-10-7-16-8-10/h1-4,10,16H,5-9H2,(H,17,18). The predicted octanol–water partition coefficient (Wildman–Crippen LogP) is 1.19. The molecule has 4 heteroatoms. The predicted molar refractivity (Wildman–Crippen MR) is 66.7 cm³/mol. The minimum absolute atomic E-state index is 0.0982. The van der Waals surface area contributed by atoms with E-state index in [1.165, 1.54) is 12.1 Å². The Morgan fingerprint density at radius 3 is 2.50 bits per heavy atom. The van der Waals surface area contributed by atoms with Crippen LogP contribution in [0.5, 0.6) is 0 Å². The van der Waals surface area contributed by atoms with Gasteiger partial charge in [0.25, 0.3) is 0 Å². The van der Waals surface area contributed by atoms with Crippen molar-refractivity contribution in [3.63, 3.8) is 0 Å². The van der Waals surface area contributed by atoms with Crippen molar-refractivity contribution in [1.82, 2.24) is 10.6 Å². The molecule has 1 aliphatic heterocycles. The molecule has 0 bridgehead atoms. The second kappa shape index (κ2) is 4.35. The summed E-state index contributed by atoms with van der Waals surface area (Å²) >= 11 is 0. The molecule has 0 radical (unpaired) electrons. The van der Waals surface area contributed by atoms with E-state index in [0.717, 1.165) is 38.0 Å². The van der Waals surface area contributed by atoms with E-state index < -0.39 is 0 Å². The second-order valence-corrected chi connectivity index (χ2v) is 5.32. The molecule has 2 fully saturated rings. The van der Waals surface area contributed by atoms with Gasteiger partial charge in [-0.05, 0) is 30.5 Å². The molecule has 1 aliphatic carbocycles. The van der Waals surface area contributed by atoms with Crippen molar-refractivity contribution in [2.75, 3.05) is 19.6 Å². The Labute approximate surface area is 106 Å². The van der Waals surface area contributed by atoms with Gasteiger partial charge in [0.1, 0.15) is 5.82 Å². The van der Waals surface area contributed by atoms with Crippen molar-refractivity contribution in [2.45, 2.75) is 18.3 Å². The van der Waals surface area contributed by atoms with Crippen molar-refractivity contribution in [1.29, 1.82) is 0 Å².